The SMILES string of the molecule is C[C@H](O)[C@H](C)n1ncn(-c2ccc(N3CCN(c4ccc(OC[C@@H]5CO[C@@](Cn6cncn6)(c6ccc(Cl)cc6Cl)O5)cc4)CC3)cc2)c1=O. The number of hydrogen-bond donors (Lipinski definition) is 1. The number of benzene rings is 3. The number of aliphatic hydroxyl groups excluding tert-OH is 1. The van der Waals surface area contributed by atoms with E-state index in [0.717, 1.165) is 49.0 Å². The lowest BCUT2D eigenvalue weighted by atomic mass is 10.1. The van der Waals surface area contributed by atoms with E-state index in [1.807, 2.05) is 42.5 Å². The first-order chi connectivity index (χ1) is 24.2. The highest BCUT2D eigenvalue weighted by atomic mass is 35.5. The molecule has 2 aliphatic heterocycles. The van der Waals surface area contributed by atoms with Crippen LogP contribution in [0.4, 0.5) is 11.4 Å². The Morgan fingerprint density at radius 2 is 1.58 bits per heavy atom. The first-order valence-electron chi connectivity index (χ1n) is 16.5. The molecule has 1 N–H and O–H groups in total. The molecule has 4 heterocycles. The number of ether oxygens (including phenoxy) is 3. The minimum absolute atomic E-state index is 0.261. The van der Waals surface area contributed by atoms with E-state index in [1.165, 1.54) is 21.9 Å². The highest BCUT2D eigenvalue weighted by Gasteiger charge is 2.45. The van der Waals surface area contributed by atoms with Crippen LogP contribution < -0.4 is 20.2 Å². The van der Waals surface area contributed by atoms with Crippen molar-refractivity contribution in [3.63, 3.8) is 0 Å². The Bertz CT molecular complexity index is 1940. The lowest BCUT2D eigenvalue weighted by Gasteiger charge is -2.37. The molecule has 15 heteroatoms. The summed E-state index contributed by atoms with van der Waals surface area (Å²) in [5.41, 5.74) is 3.33. The molecule has 262 valence electrons. The van der Waals surface area contributed by atoms with Gasteiger partial charge in [-0.25, -0.2) is 23.7 Å². The Hall–Kier alpha value is -4.40. The number of halogens is 2. The molecule has 0 radical (unpaired) electrons. The van der Waals surface area contributed by atoms with Gasteiger partial charge in [0.1, 0.15) is 44.0 Å². The molecule has 2 fully saturated rings. The molecule has 5 aromatic rings. The largest absolute Gasteiger partial charge is 0.491 e. The fourth-order valence-corrected chi connectivity index (χ4v) is 6.80. The quantitative estimate of drug-likeness (QED) is 0.208. The van der Waals surface area contributed by atoms with Crippen LogP contribution in [0.15, 0.2) is 90.5 Å². The predicted octanol–water partition coefficient (Wildman–Crippen LogP) is 4.55. The van der Waals surface area contributed by atoms with E-state index in [-0.39, 0.29) is 18.3 Å². The van der Waals surface area contributed by atoms with Gasteiger partial charge in [0.15, 0.2) is 0 Å². The van der Waals surface area contributed by atoms with Gasteiger partial charge in [0.05, 0.1) is 29.5 Å². The van der Waals surface area contributed by atoms with Crippen LogP contribution in [0.5, 0.6) is 5.75 Å². The summed E-state index contributed by atoms with van der Waals surface area (Å²) in [6.07, 6.45) is 3.53. The highest BCUT2D eigenvalue weighted by molar-refractivity contribution is 6.35. The maximum Gasteiger partial charge on any atom is 0.350 e. The summed E-state index contributed by atoms with van der Waals surface area (Å²) in [5.74, 6) is -0.432. The number of rotatable bonds is 11. The minimum Gasteiger partial charge on any atom is -0.491 e. The van der Waals surface area contributed by atoms with Gasteiger partial charge in [-0.15, -0.1) is 0 Å². The van der Waals surface area contributed by atoms with E-state index in [9.17, 15) is 9.90 Å². The second-order valence-electron chi connectivity index (χ2n) is 12.5. The summed E-state index contributed by atoms with van der Waals surface area (Å²) in [6, 6.07) is 20.8. The molecule has 0 unspecified atom stereocenters. The Labute approximate surface area is 299 Å². The van der Waals surface area contributed by atoms with Gasteiger partial charge in [0, 0.05) is 48.1 Å². The molecule has 0 aliphatic carbocycles. The second-order valence-corrected chi connectivity index (χ2v) is 13.4. The standard InChI is InChI=1S/C35H38Cl2N8O5/c1-24(25(2)46)45-34(47)44(23-40-45)29-6-4-27(5-7-29)41-13-15-42(16-14-41)28-8-10-30(11-9-28)48-18-31-19-49-35(50-31,20-43-22-38-21-39-43)32-12-3-26(36)17-33(32)37/h3-12,17,21-25,31,46H,13-16,18-20H2,1-2H3/t24-,25-,31+,35+/m0/s1. The number of hydrogen-bond acceptors (Lipinski definition) is 10. The summed E-state index contributed by atoms with van der Waals surface area (Å²) in [4.78, 5) is 21.6. The molecule has 0 bridgehead atoms. The summed E-state index contributed by atoms with van der Waals surface area (Å²) in [7, 11) is 0. The van der Waals surface area contributed by atoms with E-state index in [1.54, 1.807) is 37.0 Å². The summed E-state index contributed by atoms with van der Waals surface area (Å²) < 4.78 is 23.3. The first kappa shape index (κ1) is 34.1. The van der Waals surface area contributed by atoms with Crippen molar-refractivity contribution in [2.75, 3.05) is 49.2 Å². The highest BCUT2D eigenvalue weighted by Crippen LogP contribution is 2.40. The molecule has 13 nitrogen and oxygen atoms in total. The fraction of sp³-hybridized carbons (Fsp3) is 0.371. The van der Waals surface area contributed by atoms with Gasteiger partial charge in [0.2, 0.25) is 5.79 Å². The fourth-order valence-electron chi connectivity index (χ4n) is 6.25. The lowest BCUT2D eigenvalue weighted by Crippen LogP contribution is -2.46. The zero-order chi connectivity index (χ0) is 34.8. The van der Waals surface area contributed by atoms with Crippen molar-refractivity contribution in [1.29, 1.82) is 0 Å². The topological polar surface area (TPSA) is 125 Å². The second kappa shape index (κ2) is 14.4. The number of aliphatic hydroxyl groups is 1. The van der Waals surface area contributed by atoms with E-state index >= 15 is 0 Å². The molecule has 3 aromatic carbocycles. The van der Waals surface area contributed by atoms with Crippen molar-refractivity contribution < 1.29 is 19.3 Å². The third-order valence-corrected chi connectivity index (χ3v) is 9.77. The van der Waals surface area contributed by atoms with Crippen molar-refractivity contribution in [3.8, 4) is 11.4 Å². The van der Waals surface area contributed by atoms with Crippen molar-refractivity contribution in [1.82, 2.24) is 29.1 Å². The predicted molar refractivity (Wildman–Crippen MR) is 190 cm³/mol. The molecular formula is C35H38Cl2N8O5. The third kappa shape index (κ3) is 7.10. The van der Waals surface area contributed by atoms with Crippen LogP contribution in [0.3, 0.4) is 0 Å². The number of anilines is 2. The van der Waals surface area contributed by atoms with Crippen LogP contribution >= 0.6 is 23.2 Å². The van der Waals surface area contributed by atoms with Crippen LogP contribution in [0.1, 0.15) is 25.5 Å². The molecule has 2 saturated heterocycles. The zero-order valence-corrected chi connectivity index (χ0v) is 29.2. The molecule has 0 spiro atoms. The number of piperazine rings is 1. The van der Waals surface area contributed by atoms with Gasteiger partial charge in [-0.3, -0.25) is 0 Å². The van der Waals surface area contributed by atoms with Crippen molar-refractivity contribution >= 4 is 34.6 Å². The maximum absolute atomic E-state index is 12.8. The monoisotopic (exact) mass is 720 g/mol. The van der Waals surface area contributed by atoms with E-state index in [2.05, 4.69) is 37.1 Å². The molecule has 0 saturated carbocycles. The molecular weight excluding hydrogens is 683 g/mol. The van der Waals surface area contributed by atoms with Gasteiger partial charge >= 0.3 is 5.69 Å². The van der Waals surface area contributed by atoms with E-state index in [4.69, 9.17) is 37.4 Å². The van der Waals surface area contributed by atoms with Crippen LogP contribution in [-0.4, -0.2) is 85.8 Å². The van der Waals surface area contributed by atoms with Gasteiger partial charge in [0.25, 0.3) is 0 Å². The smallest absolute Gasteiger partial charge is 0.350 e. The van der Waals surface area contributed by atoms with Gasteiger partial charge in [-0.1, -0.05) is 29.3 Å². The molecule has 2 aliphatic rings. The van der Waals surface area contributed by atoms with Crippen molar-refractivity contribution in [2.45, 2.75) is 44.4 Å². The summed E-state index contributed by atoms with van der Waals surface area (Å²) in [5, 5.41) is 19.2. The lowest BCUT2D eigenvalue weighted by molar-refractivity contribution is -0.190. The van der Waals surface area contributed by atoms with Crippen LogP contribution in [0, 0.1) is 0 Å². The van der Waals surface area contributed by atoms with Crippen molar-refractivity contribution in [2.24, 2.45) is 0 Å². The molecule has 4 atom stereocenters. The average Bonchev–Trinajstić information content (AvgIpc) is 3.88. The average molecular weight is 722 g/mol. The summed E-state index contributed by atoms with van der Waals surface area (Å²) in [6.45, 7) is 7.71. The Morgan fingerprint density at radius 1 is 0.920 bits per heavy atom. The van der Waals surface area contributed by atoms with Crippen LogP contribution in [0.2, 0.25) is 10.0 Å². The first-order valence-corrected chi connectivity index (χ1v) is 17.2. The van der Waals surface area contributed by atoms with Gasteiger partial charge < -0.3 is 29.1 Å². The van der Waals surface area contributed by atoms with Crippen LogP contribution in [-0.2, 0) is 21.8 Å². The Morgan fingerprint density at radius 3 is 2.20 bits per heavy atom. The van der Waals surface area contributed by atoms with E-state index < -0.39 is 17.9 Å². The van der Waals surface area contributed by atoms with Crippen LogP contribution in [0.25, 0.3) is 5.69 Å². The van der Waals surface area contributed by atoms with E-state index in [0.29, 0.717) is 28.8 Å². The summed E-state index contributed by atoms with van der Waals surface area (Å²) >= 11 is 12.7. The minimum atomic E-state index is -1.17. The van der Waals surface area contributed by atoms with Crippen molar-refractivity contribution in [3.05, 3.63) is 112 Å². The molecule has 0 amide bonds. The van der Waals surface area contributed by atoms with Gasteiger partial charge in [-0.2, -0.15) is 10.2 Å². The third-order valence-electron chi connectivity index (χ3n) is 9.23. The number of nitrogens with zero attached hydrogens (tertiary/aromatic N) is 8. The molecule has 7 rings (SSSR count). The molecule has 50 heavy (non-hydrogen) atoms. The molecule has 2 aromatic heterocycles. The Balaban J connectivity index is 0.924. The zero-order valence-electron chi connectivity index (χ0n) is 27.7. The van der Waals surface area contributed by atoms with Gasteiger partial charge in [-0.05, 0) is 74.5 Å². The normalized spacial score (nSPS) is 20.6. The number of aromatic nitrogens is 6. The maximum atomic E-state index is 12.8. The Kier molecular flexibility index (Phi) is 9.84.